The molecule has 1 N–H and O–H groups in total. The molecule has 0 bridgehead atoms. The number of aromatic nitrogens is 3. The zero-order chi connectivity index (χ0) is 26.4. The fourth-order valence-corrected chi connectivity index (χ4v) is 5.44. The van der Waals surface area contributed by atoms with Crippen molar-refractivity contribution in [3.63, 3.8) is 0 Å². The summed E-state index contributed by atoms with van der Waals surface area (Å²) < 4.78 is 4.15. The van der Waals surface area contributed by atoms with E-state index in [2.05, 4.69) is 47.3 Å². The minimum Gasteiger partial charge on any atom is -0.307 e. The summed E-state index contributed by atoms with van der Waals surface area (Å²) >= 11 is 6.37. The summed E-state index contributed by atoms with van der Waals surface area (Å²) in [5.74, 6) is 0.945. The number of aryl methyl sites for hydroxylation is 2. The van der Waals surface area contributed by atoms with E-state index < -0.39 is 0 Å². The van der Waals surface area contributed by atoms with Gasteiger partial charge in [0.2, 0.25) is 0 Å². The van der Waals surface area contributed by atoms with Crippen molar-refractivity contribution in [2.75, 3.05) is 5.32 Å². The normalized spacial score (nSPS) is 14.5. The van der Waals surface area contributed by atoms with Crippen LogP contribution in [0.1, 0.15) is 39.7 Å². The van der Waals surface area contributed by atoms with Crippen molar-refractivity contribution in [3.8, 4) is 11.5 Å². The molecule has 0 saturated heterocycles. The van der Waals surface area contributed by atoms with Crippen molar-refractivity contribution in [3.05, 3.63) is 130 Å². The highest BCUT2D eigenvalue weighted by Crippen LogP contribution is 2.39. The van der Waals surface area contributed by atoms with Crippen LogP contribution >= 0.6 is 11.6 Å². The van der Waals surface area contributed by atoms with Gasteiger partial charge in [-0.15, -0.1) is 0 Å². The molecule has 0 aliphatic carbocycles. The lowest BCUT2D eigenvalue weighted by Gasteiger charge is -2.31. The Bertz CT molecular complexity index is 1650. The van der Waals surface area contributed by atoms with Gasteiger partial charge in [-0.05, 0) is 68.3 Å². The van der Waals surface area contributed by atoms with Crippen LogP contribution in [-0.4, -0.2) is 25.3 Å². The van der Waals surface area contributed by atoms with E-state index in [0.717, 1.165) is 45.1 Å². The predicted molar refractivity (Wildman–Crippen MR) is 151 cm³/mol. The lowest BCUT2D eigenvalue weighted by molar-refractivity contribution is 0.194. The number of para-hydroxylation sites is 1. The van der Waals surface area contributed by atoms with E-state index in [1.807, 2.05) is 84.1 Å². The molecule has 2 amide bonds. The van der Waals surface area contributed by atoms with Crippen LogP contribution in [0.4, 0.5) is 10.5 Å². The molecule has 1 aliphatic rings. The van der Waals surface area contributed by atoms with E-state index in [4.69, 9.17) is 16.7 Å². The molecule has 0 spiro atoms. The van der Waals surface area contributed by atoms with Crippen molar-refractivity contribution >= 4 is 23.3 Å². The maximum Gasteiger partial charge on any atom is 0.322 e. The minimum atomic E-state index is -0.319. The number of carbonyl (C=O) groups excluding carboxylic acids is 1. The van der Waals surface area contributed by atoms with Crippen LogP contribution in [-0.2, 0) is 6.54 Å². The Kier molecular flexibility index (Phi) is 6.04. The van der Waals surface area contributed by atoms with Crippen molar-refractivity contribution in [2.24, 2.45) is 0 Å². The Morgan fingerprint density at radius 3 is 2.53 bits per heavy atom. The second kappa shape index (κ2) is 9.54. The molecule has 190 valence electrons. The highest BCUT2D eigenvalue weighted by atomic mass is 35.5. The topological polar surface area (TPSA) is 55.1 Å². The molecule has 38 heavy (non-hydrogen) atoms. The van der Waals surface area contributed by atoms with Crippen LogP contribution in [0.25, 0.3) is 11.5 Å². The van der Waals surface area contributed by atoms with Crippen LogP contribution in [0.3, 0.4) is 0 Å². The molecule has 0 saturated carbocycles. The van der Waals surface area contributed by atoms with E-state index in [-0.39, 0.29) is 12.1 Å². The number of rotatable bonds is 3. The van der Waals surface area contributed by atoms with E-state index in [1.165, 1.54) is 0 Å². The summed E-state index contributed by atoms with van der Waals surface area (Å²) in [6.07, 6.45) is 2.06. The van der Waals surface area contributed by atoms with Crippen molar-refractivity contribution in [2.45, 2.75) is 33.4 Å². The maximum atomic E-state index is 14.1. The number of fused-ring (bicyclic) bond motifs is 3. The van der Waals surface area contributed by atoms with Gasteiger partial charge in [0.1, 0.15) is 5.82 Å². The van der Waals surface area contributed by atoms with Gasteiger partial charge in [-0.25, -0.2) is 9.48 Å². The zero-order valence-corrected chi connectivity index (χ0v) is 22.3. The third-order valence-electron chi connectivity index (χ3n) is 7.21. The van der Waals surface area contributed by atoms with E-state index in [1.54, 1.807) is 0 Å². The molecule has 5 aromatic rings. The number of urea groups is 1. The van der Waals surface area contributed by atoms with Gasteiger partial charge >= 0.3 is 6.03 Å². The van der Waals surface area contributed by atoms with Crippen LogP contribution in [0.2, 0.25) is 5.02 Å². The number of hydrogen-bond donors (Lipinski definition) is 1. The SMILES string of the molecule is Cc1cccc([C@@H]2c3cccn3-c3c(c(C)nn3-c3ccccc3)CN2C(=O)Nc2cccc(Cl)c2C)c1. The molecule has 6 rings (SSSR count). The number of carbonyl (C=O) groups is 1. The van der Waals surface area contributed by atoms with Gasteiger partial charge in [-0.3, -0.25) is 0 Å². The van der Waals surface area contributed by atoms with Gasteiger partial charge in [0, 0.05) is 22.5 Å². The molecule has 3 heterocycles. The van der Waals surface area contributed by atoms with Gasteiger partial charge in [0.25, 0.3) is 0 Å². The molecular formula is C31H28ClN5O. The molecule has 1 atom stereocenters. The standard InChI is InChI=1S/C31H28ClN5O/c1-20-10-7-11-23(18-20)29-28-16-9-17-35(28)30-25(22(3)34-37(30)24-12-5-4-6-13-24)19-36(29)31(38)33-27-15-8-14-26(32)21(27)2/h4-18,29H,19H2,1-3H3,(H,33,38)/t29-/m1/s1. The second-order valence-electron chi connectivity index (χ2n) is 9.73. The highest BCUT2D eigenvalue weighted by Gasteiger charge is 2.36. The average molecular weight is 522 g/mol. The van der Waals surface area contributed by atoms with Crippen LogP contribution < -0.4 is 5.32 Å². The van der Waals surface area contributed by atoms with Crippen LogP contribution in [0.15, 0.2) is 91.1 Å². The van der Waals surface area contributed by atoms with Gasteiger partial charge in [-0.1, -0.05) is 65.7 Å². The van der Waals surface area contributed by atoms with Crippen molar-refractivity contribution in [1.29, 1.82) is 0 Å². The average Bonchev–Trinajstić information content (AvgIpc) is 3.47. The lowest BCUT2D eigenvalue weighted by atomic mass is 10.00. The quantitative estimate of drug-likeness (QED) is 0.269. The molecular weight excluding hydrogens is 494 g/mol. The van der Waals surface area contributed by atoms with Crippen LogP contribution in [0.5, 0.6) is 0 Å². The summed E-state index contributed by atoms with van der Waals surface area (Å²) in [7, 11) is 0. The third kappa shape index (κ3) is 4.07. The maximum absolute atomic E-state index is 14.1. The molecule has 0 radical (unpaired) electrons. The molecule has 0 unspecified atom stereocenters. The Labute approximate surface area is 227 Å². The van der Waals surface area contributed by atoms with Gasteiger partial charge in [-0.2, -0.15) is 5.10 Å². The van der Waals surface area contributed by atoms with Gasteiger partial charge in [0.15, 0.2) is 0 Å². The number of nitrogens with one attached hydrogen (secondary N) is 1. The van der Waals surface area contributed by atoms with E-state index in [9.17, 15) is 4.79 Å². The number of halogens is 1. The first kappa shape index (κ1) is 24.1. The predicted octanol–water partition coefficient (Wildman–Crippen LogP) is 7.38. The van der Waals surface area contributed by atoms with E-state index in [0.29, 0.717) is 17.3 Å². The van der Waals surface area contributed by atoms with E-state index >= 15 is 0 Å². The number of amides is 2. The van der Waals surface area contributed by atoms with Gasteiger partial charge < -0.3 is 14.8 Å². The molecule has 6 nitrogen and oxygen atoms in total. The first-order valence-electron chi connectivity index (χ1n) is 12.6. The Hall–Kier alpha value is -4.29. The molecule has 1 aliphatic heterocycles. The zero-order valence-electron chi connectivity index (χ0n) is 21.5. The first-order valence-corrected chi connectivity index (χ1v) is 13.0. The minimum absolute atomic E-state index is 0.200. The number of hydrogen-bond acceptors (Lipinski definition) is 2. The summed E-state index contributed by atoms with van der Waals surface area (Å²) in [6, 6.07) is 27.6. The number of nitrogens with zero attached hydrogens (tertiary/aromatic N) is 4. The molecule has 3 aromatic carbocycles. The first-order chi connectivity index (χ1) is 18.4. The van der Waals surface area contributed by atoms with Crippen molar-refractivity contribution < 1.29 is 4.79 Å². The number of benzene rings is 3. The summed E-state index contributed by atoms with van der Waals surface area (Å²) in [5, 5.41) is 8.67. The smallest absolute Gasteiger partial charge is 0.307 e. The Morgan fingerprint density at radius 2 is 1.74 bits per heavy atom. The van der Waals surface area contributed by atoms with Gasteiger partial charge in [0.05, 0.1) is 29.7 Å². The monoisotopic (exact) mass is 521 g/mol. The highest BCUT2D eigenvalue weighted by molar-refractivity contribution is 6.31. The Morgan fingerprint density at radius 1 is 0.947 bits per heavy atom. The van der Waals surface area contributed by atoms with Crippen LogP contribution in [0, 0.1) is 20.8 Å². The third-order valence-corrected chi connectivity index (χ3v) is 7.62. The fourth-order valence-electron chi connectivity index (χ4n) is 5.27. The van der Waals surface area contributed by atoms with Crippen molar-refractivity contribution in [1.82, 2.24) is 19.2 Å². The number of anilines is 1. The summed E-state index contributed by atoms with van der Waals surface area (Å²) in [4.78, 5) is 16.0. The Balaban J connectivity index is 1.54. The lowest BCUT2D eigenvalue weighted by Crippen LogP contribution is -2.38. The molecule has 2 aromatic heterocycles. The largest absolute Gasteiger partial charge is 0.322 e. The second-order valence-corrected chi connectivity index (χ2v) is 10.1. The molecule has 7 heteroatoms. The summed E-state index contributed by atoms with van der Waals surface area (Å²) in [6.45, 7) is 6.38. The summed E-state index contributed by atoms with van der Waals surface area (Å²) in [5.41, 5.74) is 7.55. The molecule has 0 fully saturated rings. The fraction of sp³-hybridized carbons (Fsp3) is 0.161.